The molecule has 220 valence electrons. The first-order chi connectivity index (χ1) is 17.8. The molecule has 0 spiro atoms. The fourth-order valence-corrected chi connectivity index (χ4v) is 8.80. The molecule has 12 heteroatoms. The zero-order chi connectivity index (χ0) is 28.2. The summed E-state index contributed by atoms with van der Waals surface area (Å²) in [5, 5.41) is 1.03. The average Bonchev–Trinajstić information content (AvgIpc) is 2.90. The maximum atomic E-state index is 14.8. The van der Waals surface area contributed by atoms with E-state index in [1.807, 2.05) is 13.2 Å². The minimum absolute atomic E-state index is 0.203. The first kappa shape index (κ1) is 37.2. The van der Waals surface area contributed by atoms with E-state index in [2.05, 4.69) is 27.7 Å². The highest BCUT2D eigenvalue weighted by Crippen LogP contribution is 2.56. The van der Waals surface area contributed by atoms with E-state index >= 15 is 0 Å². The summed E-state index contributed by atoms with van der Waals surface area (Å²) in [4.78, 5) is 33.7. The highest BCUT2D eigenvalue weighted by molar-refractivity contribution is 8.33. The number of thioether (sulfide) groups is 3. The van der Waals surface area contributed by atoms with Gasteiger partial charge < -0.3 is 14.2 Å². The second kappa shape index (κ2) is 21.9. The summed E-state index contributed by atoms with van der Waals surface area (Å²) >= 11 is 6.13. The highest BCUT2D eigenvalue weighted by atomic mass is 32.3. The van der Waals surface area contributed by atoms with E-state index in [0.717, 1.165) is 48.8 Å². The van der Waals surface area contributed by atoms with Gasteiger partial charge in [0.15, 0.2) is 3.41 Å². The maximum absolute atomic E-state index is 14.8. The van der Waals surface area contributed by atoms with E-state index in [4.69, 9.17) is 19.0 Å². The predicted molar refractivity (Wildman–Crippen MR) is 162 cm³/mol. The molecule has 0 saturated heterocycles. The van der Waals surface area contributed by atoms with Crippen molar-refractivity contribution in [2.45, 2.75) is 89.3 Å². The zero-order valence-corrected chi connectivity index (χ0v) is 27.4. The second-order valence-corrected chi connectivity index (χ2v) is 13.6. The predicted octanol–water partition coefficient (Wildman–Crippen LogP) is 6.46. The molecule has 0 saturated carbocycles. The van der Waals surface area contributed by atoms with Gasteiger partial charge in [-0.15, -0.1) is 40.5 Å². The Labute approximate surface area is 242 Å². The van der Waals surface area contributed by atoms with E-state index in [-0.39, 0.29) is 13.2 Å². The molecule has 0 heterocycles. The van der Waals surface area contributed by atoms with Gasteiger partial charge in [0.25, 0.3) is 11.7 Å². The number of hydrogen-bond donors (Lipinski definition) is 0. The fraction of sp³-hybridized carbons (Fsp3) is 0.920. The molecule has 0 aromatic carbocycles. The maximum Gasteiger partial charge on any atom is 0.317 e. The Bertz CT molecular complexity index is 622. The zero-order valence-electron chi connectivity index (χ0n) is 24.2. The normalized spacial score (nSPS) is 14.7. The molecule has 2 unspecified atom stereocenters. The molecule has 0 rings (SSSR count). The summed E-state index contributed by atoms with van der Waals surface area (Å²) in [5.41, 5.74) is 0. The van der Waals surface area contributed by atoms with Gasteiger partial charge in [-0.2, -0.15) is 4.41 Å². The minimum Gasteiger partial charge on any atom is -0.375 e. The molecule has 0 aromatic rings. The van der Waals surface area contributed by atoms with Crippen LogP contribution >= 0.6 is 47.2 Å². The molecule has 0 aromatic heterocycles. The quantitative estimate of drug-likeness (QED) is 0.0563. The minimum atomic E-state index is -1.65. The summed E-state index contributed by atoms with van der Waals surface area (Å²) in [6.45, 7) is 12.8. The largest absolute Gasteiger partial charge is 0.375 e. The van der Waals surface area contributed by atoms with Gasteiger partial charge in [0, 0.05) is 12.9 Å². The number of nitrogens with zero attached hydrogens (tertiary/aromatic N) is 2. The molecule has 0 aliphatic heterocycles. The van der Waals surface area contributed by atoms with Gasteiger partial charge in [0.1, 0.15) is 6.61 Å². The summed E-state index contributed by atoms with van der Waals surface area (Å²) < 4.78 is 18.7. The molecule has 0 aliphatic carbocycles. The smallest absolute Gasteiger partial charge is 0.317 e. The summed E-state index contributed by atoms with van der Waals surface area (Å²) in [5.74, 6) is -0.357. The van der Waals surface area contributed by atoms with E-state index in [1.165, 1.54) is 23.5 Å². The van der Waals surface area contributed by atoms with Gasteiger partial charge in [0.2, 0.25) is 0 Å². The molecule has 2 amide bonds. The topological polar surface area (TPSA) is 77.5 Å². The van der Waals surface area contributed by atoms with Crippen molar-refractivity contribution in [3.8, 4) is 0 Å². The van der Waals surface area contributed by atoms with Crippen LogP contribution in [0.5, 0.6) is 0 Å². The standard InChI is InChI=1S/C25H50N2O6S4/c1-9-15-18-32-24(31-17-11-3,25(34-8,35-14-6)36-19-12-4)23(29)27(37-20-16-10-2)26(33-13-5)22(28)21-30-7/h9-21H2,1-8H3. The summed E-state index contributed by atoms with van der Waals surface area (Å²) in [6, 6.07) is 0. The van der Waals surface area contributed by atoms with Crippen LogP contribution in [0.3, 0.4) is 0 Å². The van der Waals surface area contributed by atoms with Crippen LogP contribution in [0.4, 0.5) is 0 Å². The Morgan fingerprint density at radius 2 is 1.51 bits per heavy atom. The number of unbranched alkanes of at least 4 members (excludes halogenated alkanes) is 2. The third-order valence-electron chi connectivity index (χ3n) is 4.88. The fourth-order valence-electron chi connectivity index (χ4n) is 3.13. The molecule has 37 heavy (non-hydrogen) atoms. The molecule has 0 N–H and O–H groups in total. The van der Waals surface area contributed by atoms with Crippen molar-refractivity contribution >= 4 is 59.0 Å². The molecule has 0 aliphatic rings. The average molecular weight is 603 g/mol. The van der Waals surface area contributed by atoms with Crippen LogP contribution in [0.15, 0.2) is 0 Å². The van der Waals surface area contributed by atoms with Gasteiger partial charge >= 0.3 is 5.91 Å². The van der Waals surface area contributed by atoms with Crippen molar-refractivity contribution in [3.05, 3.63) is 0 Å². The van der Waals surface area contributed by atoms with Crippen molar-refractivity contribution in [2.75, 3.05) is 57.1 Å². The van der Waals surface area contributed by atoms with E-state index < -0.39 is 21.0 Å². The number of carbonyl (C=O) groups excluding carboxylic acids is 2. The van der Waals surface area contributed by atoms with Crippen molar-refractivity contribution in [2.24, 2.45) is 0 Å². The second-order valence-electron chi connectivity index (χ2n) is 7.99. The lowest BCUT2D eigenvalue weighted by atomic mass is 10.2. The Morgan fingerprint density at radius 3 is 2.03 bits per heavy atom. The van der Waals surface area contributed by atoms with Crippen molar-refractivity contribution in [1.82, 2.24) is 9.59 Å². The van der Waals surface area contributed by atoms with Crippen LogP contribution in [0, 0.1) is 0 Å². The third kappa shape index (κ3) is 11.3. The van der Waals surface area contributed by atoms with Crippen molar-refractivity contribution < 1.29 is 28.6 Å². The van der Waals surface area contributed by atoms with Crippen molar-refractivity contribution in [1.29, 1.82) is 0 Å². The van der Waals surface area contributed by atoms with Gasteiger partial charge in [-0.3, -0.25) is 14.4 Å². The number of hydrazine groups is 1. The van der Waals surface area contributed by atoms with E-state index in [0.29, 0.717) is 25.4 Å². The van der Waals surface area contributed by atoms with Crippen LogP contribution in [-0.4, -0.2) is 87.7 Å². The molecule has 0 radical (unpaired) electrons. The number of hydrogen-bond acceptors (Lipinski definition) is 10. The van der Waals surface area contributed by atoms with Crippen LogP contribution in [0.1, 0.15) is 80.1 Å². The van der Waals surface area contributed by atoms with Gasteiger partial charge in [0.05, 0.1) is 19.8 Å². The molecule has 0 fully saturated rings. The first-order valence-electron chi connectivity index (χ1n) is 13.4. The monoisotopic (exact) mass is 602 g/mol. The van der Waals surface area contributed by atoms with Gasteiger partial charge in [-0.25, -0.2) is 0 Å². The van der Waals surface area contributed by atoms with E-state index in [9.17, 15) is 9.59 Å². The Balaban J connectivity index is 7.05. The van der Waals surface area contributed by atoms with Gasteiger partial charge in [-0.05, 0) is 62.3 Å². The molecular formula is C25H50N2O6S4. The summed E-state index contributed by atoms with van der Waals surface area (Å²) in [7, 11) is 1.44. The van der Waals surface area contributed by atoms with Crippen LogP contribution in [0.2, 0.25) is 0 Å². The molecule has 2 atom stereocenters. The Morgan fingerprint density at radius 1 is 0.838 bits per heavy atom. The first-order valence-corrected chi connectivity index (χ1v) is 17.5. The Hall–Kier alpha value is 0.180. The number of ether oxygens (including phenoxy) is 3. The Kier molecular flexibility index (Phi) is 22.0. The number of methoxy groups -OCH3 is 1. The van der Waals surface area contributed by atoms with Crippen LogP contribution in [0.25, 0.3) is 0 Å². The molecule has 0 bridgehead atoms. The third-order valence-corrected chi connectivity index (χ3v) is 11.3. The highest BCUT2D eigenvalue weighted by Gasteiger charge is 2.63. The number of rotatable bonds is 23. The number of amides is 2. The van der Waals surface area contributed by atoms with Crippen LogP contribution in [-0.2, 0) is 28.6 Å². The van der Waals surface area contributed by atoms with Crippen LogP contribution < -0.4 is 0 Å². The summed E-state index contributed by atoms with van der Waals surface area (Å²) in [6.07, 6.45) is 7.17. The SMILES string of the molecule is CCCCOC(OCCC)(C(=O)N(SCCCC)N(OCC)C(=O)COC)C(SC)(SCC)SCCC. The molecule has 8 nitrogen and oxygen atoms in total. The van der Waals surface area contributed by atoms with Gasteiger partial charge in [-0.1, -0.05) is 47.5 Å². The lowest BCUT2D eigenvalue weighted by molar-refractivity contribution is -0.268. The lowest BCUT2D eigenvalue weighted by Gasteiger charge is -2.48. The number of carbonyl (C=O) groups is 2. The van der Waals surface area contributed by atoms with E-state index in [1.54, 1.807) is 42.2 Å². The number of hydroxylamine groups is 1. The lowest BCUT2D eigenvalue weighted by Crippen LogP contribution is -2.65. The molecular weight excluding hydrogens is 553 g/mol. The van der Waals surface area contributed by atoms with Crippen molar-refractivity contribution in [3.63, 3.8) is 0 Å².